The van der Waals surface area contributed by atoms with E-state index in [0.29, 0.717) is 0 Å². The lowest BCUT2D eigenvalue weighted by molar-refractivity contribution is 0.746. The Kier molecular flexibility index (Phi) is 9.77. The van der Waals surface area contributed by atoms with E-state index in [1.54, 1.807) is 0 Å². The maximum absolute atomic E-state index is 2.48. The number of rotatable bonds is 9. The Labute approximate surface area is 402 Å². The van der Waals surface area contributed by atoms with Gasteiger partial charge in [0.05, 0.1) is 27.5 Å². The first kappa shape index (κ1) is 40.3. The van der Waals surface area contributed by atoms with Crippen LogP contribution in [0.5, 0.6) is 0 Å². The van der Waals surface area contributed by atoms with Crippen molar-refractivity contribution >= 4 is 43.6 Å². The van der Waals surface area contributed by atoms with Crippen molar-refractivity contribution in [2.24, 2.45) is 0 Å². The van der Waals surface area contributed by atoms with Crippen molar-refractivity contribution in [3.8, 4) is 44.8 Å². The van der Waals surface area contributed by atoms with Gasteiger partial charge in [-0.2, -0.15) is 0 Å². The Balaban J connectivity index is 1.04. The molecule has 0 radical (unpaired) electrons. The predicted molar refractivity (Wildman–Crippen MR) is 290 cm³/mol. The van der Waals surface area contributed by atoms with E-state index >= 15 is 0 Å². The van der Waals surface area contributed by atoms with Crippen molar-refractivity contribution in [3.05, 3.63) is 301 Å². The molecule has 0 fully saturated rings. The summed E-state index contributed by atoms with van der Waals surface area (Å²) in [6.45, 7) is 0. The van der Waals surface area contributed by atoms with Gasteiger partial charge in [0.25, 0.3) is 0 Å². The van der Waals surface area contributed by atoms with Gasteiger partial charge in [-0.3, -0.25) is 0 Å². The van der Waals surface area contributed by atoms with Crippen LogP contribution in [0.4, 0.5) is 0 Å². The van der Waals surface area contributed by atoms with Crippen molar-refractivity contribution in [2.75, 3.05) is 0 Å². The number of aromatic nitrogens is 2. The molecule has 0 aliphatic rings. The lowest BCUT2D eigenvalue weighted by Crippen LogP contribution is -2.30. The normalized spacial score (nSPS) is 11.8. The van der Waals surface area contributed by atoms with Crippen LogP contribution < -0.4 is 0 Å². The van der Waals surface area contributed by atoms with E-state index in [2.05, 4.69) is 288 Å². The van der Waals surface area contributed by atoms with Crippen LogP contribution in [0.1, 0.15) is 22.3 Å². The van der Waals surface area contributed by atoms with E-state index in [-0.39, 0.29) is 0 Å². The molecule has 0 bridgehead atoms. The van der Waals surface area contributed by atoms with Gasteiger partial charge in [0.2, 0.25) is 0 Å². The fraction of sp³-hybridized carbons (Fsp3) is 0.0149. The highest BCUT2D eigenvalue weighted by Gasteiger charge is 2.38. The minimum Gasteiger partial charge on any atom is -0.309 e. The number of hydrogen-bond acceptors (Lipinski definition) is 0. The first-order valence-corrected chi connectivity index (χ1v) is 23.8. The average molecular weight is 879 g/mol. The van der Waals surface area contributed by atoms with Gasteiger partial charge in [-0.25, -0.2) is 0 Å². The van der Waals surface area contributed by atoms with Crippen LogP contribution in [0.3, 0.4) is 0 Å². The molecule has 13 aromatic rings. The molecule has 0 atom stereocenters. The highest BCUT2D eigenvalue weighted by molar-refractivity contribution is 6.13. The molecule has 2 nitrogen and oxygen atoms in total. The first-order chi connectivity index (χ1) is 34.2. The van der Waals surface area contributed by atoms with Crippen molar-refractivity contribution in [3.63, 3.8) is 0 Å². The number of benzene rings is 11. The van der Waals surface area contributed by atoms with Gasteiger partial charge in [0.1, 0.15) is 0 Å². The van der Waals surface area contributed by atoms with Gasteiger partial charge in [0.15, 0.2) is 0 Å². The van der Waals surface area contributed by atoms with Gasteiger partial charge in [-0.1, -0.05) is 212 Å². The molecule has 2 aromatic heterocycles. The average Bonchev–Trinajstić information content (AvgIpc) is 3.94. The SMILES string of the molecule is c1ccc(-c2cccc(-n3c4ccccc4c4cc(-c5ccc6c(c5)c5cc(C(c7ccccc7)(c7ccccc7)c7ccccc7)ccc5n6-c5cccc(-c6ccccc6)c5)ccc43)c2)cc1. The maximum Gasteiger partial charge on any atom is 0.0701 e. The van der Waals surface area contributed by atoms with Gasteiger partial charge in [-0.15, -0.1) is 0 Å². The summed E-state index contributed by atoms with van der Waals surface area (Å²) in [5.41, 5.74) is 18.4. The van der Waals surface area contributed by atoms with E-state index in [9.17, 15) is 0 Å². The van der Waals surface area contributed by atoms with Crippen LogP contribution in [0, 0.1) is 0 Å². The molecule has 0 unspecified atom stereocenters. The second-order valence-corrected chi connectivity index (χ2v) is 18.1. The summed E-state index contributed by atoms with van der Waals surface area (Å²) >= 11 is 0. The molecule has 0 N–H and O–H groups in total. The summed E-state index contributed by atoms with van der Waals surface area (Å²) in [6.07, 6.45) is 0. The second-order valence-electron chi connectivity index (χ2n) is 18.1. The Morgan fingerprint density at radius 2 is 0.551 bits per heavy atom. The Hall–Kier alpha value is -8.98. The largest absolute Gasteiger partial charge is 0.309 e. The van der Waals surface area contributed by atoms with E-state index in [1.807, 2.05) is 0 Å². The molecule has 2 heteroatoms. The summed E-state index contributed by atoms with van der Waals surface area (Å²) in [5.74, 6) is 0. The topological polar surface area (TPSA) is 9.86 Å². The highest BCUT2D eigenvalue weighted by atomic mass is 15.0. The van der Waals surface area contributed by atoms with Crippen molar-refractivity contribution in [1.29, 1.82) is 0 Å². The molecule has 11 aromatic carbocycles. The van der Waals surface area contributed by atoms with Crippen LogP contribution in [0.2, 0.25) is 0 Å². The zero-order valence-corrected chi connectivity index (χ0v) is 38.0. The summed E-state index contributed by atoms with van der Waals surface area (Å²) in [4.78, 5) is 0. The second kappa shape index (κ2) is 16.7. The van der Waals surface area contributed by atoms with E-state index in [0.717, 1.165) is 22.4 Å². The summed E-state index contributed by atoms with van der Waals surface area (Å²) < 4.78 is 4.88. The van der Waals surface area contributed by atoms with Crippen LogP contribution in [0.15, 0.2) is 279 Å². The lowest BCUT2D eigenvalue weighted by Gasteiger charge is -2.37. The van der Waals surface area contributed by atoms with Crippen molar-refractivity contribution < 1.29 is 0 Å². The zero-order chi connectivity index (χ0) is 45.7. The zero-order valence-electron chi connectivity index (χ0n) is 38.0. The first-order valence-electron chi connectivity index (χ1n) is 23.8. The van der Waals surface area contributed by atoms with Gasteiger partial charge in [0, 0.05) is 32.9 Å². The predicted octanol–water partition coefficient (Wildman–Crippen LogP) is 17.3. The minimum absolute atomic E-state index is 0.586. The Morgan fingerprint density at radius 3 is 1.03 bits per heavy atom. The molecule has 13 rings (SSSR count). The summed E-state index contributed by atoms with van der Waals surface area (Å²) in [5, 5.41) is 4.88. The molecule has 0 saturated carbocycles. The number of fused-ring (bicyclic) bond motifs is 6. The number of nitrogens with zero attached hydrogens (tertiary/aromatic N) is 2. The van der Waals surface area contributed by atoms with Crippen molar-refractivity contribution in [2.45, 2.75) is 5.41 Å². The lowest BCUT2D eigenvalue weighted by atomic mass is 9.65. The van der Waals surface area contributed by atoms with E-state index in [1.165, 1.54) is 88.2 Å². The van der Waals surface area contributed by atoms with Gasteiger partial charge in [-0.05, 0) is 122 Å². The Bertz CT molecular complexity index is 3880. The highest BCUT2D eigenvalue weighted by Crippen LogP contribution is 2.47. The summed E-state index contributed by atoms with van der Waals surface area (Å²) in [7, 11) is 0. The molecule has 0 aliphatic carbocycles. The van der Waals surface area contributed by atoms with Gasteiger partial charge >= 0.3 is 0 Å². The van der Waals surface area contributed by atoms with E-state index < -0.39 is 5.41 Å². The Morgan fingerprint density at radius 1 is 0.203 bits per heavy atom. The standard InChI is InChI=1S/C67H46N2/c1-6-20-47(21-7-1)49-24-18-32-57(42-49)68-63-35-17-16-34-59(63)60-44-51(36-39-64(60)68)52-37-40-65-61(45-52)62-46-56(38-41-66(62)69(65)58-33-19-25-50(43-58)48-22-8-2-9-23-48)67(53-26-10-3-11-27-53,54-28-12-4-13-29-54)55-30-14-5-15-31-55/h1-46H. The molecule has 2 heterocycles. The van der Waals surface area contributed by atoms with Crippen LogP contribution >= 0.6 is 0 Å². The monoisotopic (exact) mass is 878 g/mol. The fourth-order valence-electron chi connectivity index (χ4n) is 11.1. The summed E-state index contributed by atoms with van der Waals surface area (Å²) in [6, 6.07) is 102. The number of para-hydroxylation sites is 1. The quantitative estimate of drug-likeness (QED) is 0.128. The van der Waals surface area contributed by atoms with Crippen LogP contribution in [-0.4, -0.2) is 9.13 Å². The van der Waals surface area contributed by atoms with Crippen molar-refractivity contribution in [1.82, 2.24) is 9.13 Å². The van der Waals surface area contributed by atoms with E-state index in [4.69, 9.17) is 0 Å². The molecule has 0 saturated heterocycles. The molecular weight excluding hydrogens is 833 g/mol. The minimum atomic E-state index is -0.586. The fourth-order valence-corrected chi connectivity index (χ4v) is 11.1. The van der Waals surface area contributed by atoms with Crippen LogP contribution in [0.25, 0.3) is 88.4 Å². The molecule has 69 heavy (non-hydrogen) atoms. The third kappa shape index (κ3) is 6.72. The third-order valence-corrected chi connectivity index (χ3v) is 14.2. The smallest absolute Gasteiger partial charge is 0.0701 e. The maximum atomic E-state index is 2.48. The number of hydrogen-bond donors (Lipinski definition) is 0. The van der Waals surface area contributed by atoms with Gasteiger partial charge < -0.3 is 9.13 Å². The molecule has 0 spiro atoms. The molecular formula is C67H46N2. The molecule has 0 aliphatic heterocycles. The third-order valence-electron chi connectivity index (χ3n) is 14.2. The van der Waals surface area contributed by atoms with Crippen LogP contribution in [-0.2, 0) is 5.41 Å². The molecule has 0 amide bonds. The molecule has 324 valence electrons.